The van der Waals surface area contributed by atoms with E-state index < -0.39 is 0 Å². The van der Waals surface area contributed by atoms with E-state index in [1.807, 2.05) is 24.5 Å². The first-order chi connectivity index (χ1) is 9.43. The number of pyridine rings is 1. The Morgan fingerprint density at radius 3 is 2.53 bits per heavy atom. The van der Waals surface area contributed by atoms with Gasteiger partial charge >= 0.3 is 0 Å². The van der Waals surface area contributed by atoms with Crippen LogP contribution < -0.4 is 0 Å². The fourth-order valence-electron chi connectivity index (χ4n) is 2.60. The molecule has 0 spiro atoms. The number of benzene rings is 2. The van der Waals surface area contributed by atoms with Crippen molar-refractivity contribution >= 4 is 21.7 Å². The first-order valence-corrected chi connectivity index (χ1v) is 6.34. The van der Waals surface area contributed by atoms with Gasteiger partial charge in [0.2, 0.25) is 0 Å². The van der Waals surface area contributed by atoms with Gasteiger partial charge in [0.05, 0.1) is 5.69 Å². The number of nitrogens with one attached hydrogen (secondary N) is 1. The third kappa shape index (κ3) is 1.54. The van der Waals surface area contributed by atoms with Gasteiger partial charge in [0.1, 0.15) is 0 Å². The lowest BCUT2D eigenvalue weighted by Gasteiger charge is -2.04. The maximum atomic E-state index is 4.58. The summed E-state index contributed by atoms with van der Waals surface area (Å²) in [4.78, 5) is 7.89. The molecule has 0 unspecified atom stereocenters. The number of H-pyrrole nitrogens is 1. The molecule has 2 aromatic carbocycles. The minimum absolute atomic E-state index is 1.04. The van der Waals surface area contributed by atoms with Gasteiger partial charge in [-0.15, -0.1) is 0 Å². The predicted octanol–water partition coefficient (Wildman–Crippen LogP) is 4.38. The monoisotopic (exact) mass is 244 g/mol. The highest BCUT2D eigenvalue weighted by Gasteiger charge is 2.09. The van der Waals surface area contributed by atoms with Crippen LogP contribution in [0.15, 0.2) is 67.0 Å². The van der Waals surface area contributed by atoms with E-state index in [1.165, 1.54) is 16.2 Å². The van der Waals surface area contributed by atoms with Crippen LogP contribution in [-0.2, 0) is 0 Å². The Hall–Kier alpha value is -2.61. The van der Waals surface area contributed by atoms with Gasteiger partial charge in [-0.1, -0.05) is 42.5 Å². The molecular formula is C17H12N2. The second-order valence-corrected chi connectivity index (χ2v) is 4.63. The second kappa shape index (κ2) is 3.95. The number of nitrogens with zero attached hydrogens (tertiary/aromatic N) is 1. The molecule has 0 fully saturated rings. The van der Waals surface area contributed by atoms with Crippen molar-refractivity contribution in [2.45, 2.75) is 0 Å². The molecule has 0 saturated heterocycles. The van der Waals surface area contributed by atoms with E-state index in [4.69, 9.17) is 0 Å². The van der Waals surface area contributed by atoms with Crippen molar-refractivity contribution in [3.8, 4) is 11.3 Å². The van der Waals surface area contributed by atoms with E-state index in [0.717, 1.165) is 16.8 Å². The molecule has 2 aromatic heterocycles. The Morgan fingerprint density at radius 2 is 1.58 bits per heavy atom. The molecule has 0 aliphatic rings. The molecule has 0 saturated carbocycles. The van der Waals surface area contributed by atoms with Crippen molar-refractivity contribution in [2.75, 3.05) is 0 Å². The Morgan fingerprint density at radius 1 is 0.789 bits per heavy atom. The molecule has 90 valence electrons. The summed E-state index contributed by atoms with van der Waals surface area (Å²) in [6.45, 7) is 0. The number of rotatable bonds is 1. The van der Waals surface area contributed by atoms with Crippen molar-refractivity contribution in [3.63, 3.8) is 0 Å². The lowest BCUT2D eigenvalue weighted by atomic mass is 10.0. The first kappa shape index (κ1) is 10.3. The summed E-state index contributed by atoms with van der Waals surface area (Å²) in [5.74, 6) is 0. The van der Waals surface area contributed by atoms with Crippen LogP contribution in [0.1, 0.15) is 0 Å². The average Bonchev–Trinajstić information content (AvgIpc) is 2.90. The first-order valence-electron chi connectivity index (χ1n) is 6.34. The maximum absolute atomic E-state index is 4.58. The second-order valence-electron chi connectivity index (χ2n) is 4.63. The van der Waals surface area contributed by atoms with Crippen LogP contribution in [0.5, 0.6) is 0 Å². The summed E-state index contributed by atoms with van der Waals surface area (Å²) in [5.41, 5.74) is 3.34. The fraction of sp³-hybridized carbons (Fsp3) is 0. The molecule has 0 amide bonds. The molecule has 2 nitrogen and oxygen atoms in total. The van der Waals surface area contributed by atoms with E-state index in [0.29, 0.717) is 0 Å². The molecule has 19 heavy (non-hydrogen) atoms. The number of hydrogen-bond acceptors (Lipinski definition) is 1. The largest absolute Gasteiger partial charge is 0.360 e. The molecule has 2 heterocycles. The van der Waals surface area contributed by atoms with Gasteiger partial charge in [-0.3, -0.25) is 4.98 Å². The Kier molecular flexibility index (Phi) is 2.15. The summed E-state index contributed by atoms with van der Waals surface area (Å²) in [6.07, 6.45) is 3.92. The molecule has 4 aromatic rings. The summed E-state index contributed by atoms with van der Waals surface area (Å²) >= 11 is 0. The topological polar surface area (TPSA) is 28.7 Å². The van der Waals surface area contributed by atoms with Gasteiger partial charge in [0.15, 0.2) is 0 Å². The van der Waals surface area contributed by atoms with Gasteiger partial charge in [0, 0.05) is 34.2 Å². The number of aromatic amines is 1. The molecule has 0 aliphatic carbocycles. The van der Waals surface area contributed by atoms with E-state index >= 15 is 0 Å². The van der Waals surface area contributed by atoms with Crippen LogP contribution in [0.2, 0.25) is 0 Å². The number of para-hydroxylation sites is 1. The zero-order valence-electron chi connectivity index (χ0n) is 10.3. The molecule has 0 radical (unpaired) electrons. The number of hydrogen-bond donors (Lipinski definition) is 1. The minimum Gasteiger partial charge on any atom is -0.360 e. The zero-order valence-corrected chi connectivity index (χ0v) is 10.3. The van der Waals surface area contributed by atoms with E-state index in [1.54, 1.807) is 0 Å². The van der Waals surface area contributed by atoms with E-state index in [2.05, 4.69) is 52.4 Å². The van der Waals surface area contributed by atoms with Crippen LogP contribution in [0.4, 0.5) is 0 Å². The van der Waals surface area contributed by atoms with E-state index in [9.17, 15) is 0 Å². The molecule has 0 aliphatic heterocycles. The maximum Gasteiger partial charge on any atom is 0.0801 e. The van der Waals surface area contributed by atoms with Crippen molar-refractivity contribution in [3.05, 3.63) is 67.0 Å². The van der Waals surface area contributed by atoms with Crippen molar-refractivity contribution in [2.24, 2.45) is 0 Å². The molecule has 4 rings (SSSR count). The van der Waals surface area contributed by atoms with Gasteiger partial charge in [-0.25, -0.2) is 0 Å². The summed E-state index contributed by atoms with van der Waals surface area (Å²) < 4.78 is 0. The lowest BCUT2D eigenvalue weighted by Crippen LogP contribution is -1.84. The van der Waals surface area contributed by atoms with Crippen LogP contribution >= 0.6 is 0 Å². The SMILES string of the molecule is c1ccc2c(-c3c[nH]c4ccccc34)nccc2c1. The predicted molar refractivity (Wildman–Crippen MR) is 79.0 cm³/mol. The van der Waals surface area contributed by atoms with Crippen molar-refractivity contribution in [1.82, 2.24) is 9.97 Å². The number of fused-ring (bicyclic) bond motifs is 2. The van der Waals surface area contributed by atoms with E-state index in [-0.39, 0.29) is 0 Å². The zero-order chi connectivity index (χ0) is 12.7. The quantitative estimate of drug-likeness (QED) is 0.528. The number of aromatic nitrogens is 2. The van der Waals surface area contributed by atoms with Gasteiger partial charge in [-0.2, -0.15) is 0 Å². The smallest absolute Gasteiger partial charge is 0.0801 e. The Balaban J connectivity index is 2.10. The molecule has 0 atom stereocenters. The summed E-state index contributed by atoms with van der Waals surface area (Å²) in [6, 6.07) is 18.7. The fourth-order valence-corrected chi connectivity index (χ4v) is 2.60. The summed E-state index contributed by atoms with van der Waals surface area (Å²) in [7, 11) is 0. The highest BCUT2D eigenvalue weighted by Crippen LogP contribution is 2.31. The highest BCUT2D eigenvalue weighted by molar-refractivity contribution is 6.03. The lowest BCUT2D eigenvalue weighted by molar-refractivity contribution is 1.36. The van der Waals surface area contributed by atoms with Crippen LogP contribution in [0.25, 0.3) is 32.9 Å². The molecule has 1 N–H and O–H groups in total. The standard InChI is InChI=1S/C17H12N2/c1-2-6-13-12(5-1)9-10-18-17(13)15-11-19-16-8-4-3-7-14(15)16/h1-11,19H. The van der Waals surface area contributed by atoms with Crippen LogP contribution in [-0.4, -0.2) is 9.97 Å². The third-order valence-corrected chi connectivity index (χ3v) is 3.52. The third-order valence-electron chi connectivity index (χ3n) is 3.52. The summed E-state index contributed by atoms with van der Waals surface area (Å²) in [5, 5.41) is 3.62. The molecular weight excluding hydrogens is 232 g/mol. The Labute approximate surface area is 110 Å². The normalized spacial score (nSPS) is 11.2. The molecule has 0 bridgehead atoms. The van der Waals surface area contributed by atoms with Crippen LogP contribution in [0, 0.1) is 0 Å². The van der Waals surface area contributed by atoms with Gasteiger partial charge in [0.25, 0.3) is 0 Å². The van der Waals surface area contributed by atoms with Crippen LogP contribution in [0.3, 0.4) is 0 Å². The van der Waals surface area contributed by atoms with Crippen molar-refractivity contribution in [1.29, 1.82) is 0 Å². The average molecular weight is 244 g/mol. The minimum atomic E-state index is 1.04. The van der Waals surface area contributed by atoms with Crippen molar-refractivity contribution < 1.29 is 0 Å². The highest BCUT2D eigenvalue weighted by atomic mass is 14.7. The van der Waals surface area contributed by atoms with Gasteiger partial charge < -0.3 is 4.98 Å². The Bertz CT molecular complexity index is 869. The molecule has 2 heteroatoms. The van der Waals surface area contributed by atoms with Gasteiger partial charge in [-0.05, 0) is 17.5 Å².